The Balaban J connectivity index is 2.80. The van der Waals surface area contributed by atoms with Crippen LogP contribution in [0.5, 0.6) is 0 Å². The van der Waals surface area contributed by atoms with E-state index in [2.05, 4.69) is 13.8 Å². The van der Waals surface area contributed by atoms with Crippen molar-refractivity contribution >= 4 is 18.0 Å². The number of rotatable bonds is 5. The van der Waals surface area contributed by atoms with Crippen molar-refractivity contribution < 1.29 is 14.7 Å². The summed E-state index contributed by atoms with van der Waals surface area (Å²) in [6.07, 6.45) is 3.09. The van der Waals surface area contributed by atoms with E-state index in [0.717, 1.165) is 5.56 Å². The lowest BCUT2D eigenvalue weighted by atomic mass is 10.0. The molecule has 0 heterocycles. The van der Waals surface area contributed by atoms with Gasteiger partial charge in [0.1, 0.15) is 5.54 Å². The number of hydrogen-bond donors (Lipinski definition) is 1. The Labute approximate surface area is 126 Å². The van der Waals surface area contributed by atoms with Gasteiger partial charge < -0.3 is 10.0 Å². The van der Waals surface area contributed by atoms with Crippen molar-refractivity contribution in [3.05, 3.63) is 41.5 Å². The maximum atomic E-state index is 12.0. The van der Waals surface area contributed by atoms with Gasteiger partial charge in [-0.1, -0.05) is 38.1 Å². The first-order valence-electron chi connectivity index (χ1n) is 6.95. The third-order valence-corrected chi connectivity index (χ3v) is 3.71. The predicted molar refractivity (Wildman–Crippen MR) is 84.0 cm³/mol. The zero-order chi connectivity index (χ0) is 16.2. The minimum absolute atomic E-state index is 0.338. The summed E-state index contributed by atoms with van der Waals surface area (Å²) in [4.78, 5) is 24.4. The Morgan fingerprint density at radius 1 is 1.19 bits per heavy atom. The van der Waals surface area contributed by atoms with Crippen molar-refractivity contribution in [3.63, 3.8) is 0 Å². The second-order valence-corrected chi connectivity index (χ2v) is 5.92. The Bertz CT molecular complexity index is 542. The number of amides is 1. The molecule has 114 valence electrons. The molecule has 1 amide bonds. The third kappa shape index (κ3) is 4.18. The molecule has 0 aliphatic heterocycles. The zero-order valence-electron chi connectivity index (χ0n) is 13.3. The monoisotopic (exact) mass is 289 g/mol. The summed E-state index contributed by atoms with van der Waals surface area (Å²) >= 11 is 0. The molecule has 0 spiro atoms. The molecule has 0 saturated carbocycles. The van der Waals surface area contributed by atoms with E-state index in [4.69, 9.17) is 5.11 Å². The van der Waals surface area contributed by atoms with Gasteiger partial charge in [-0.15, -0.1) is 0 Å². The fraction of sp³-hybridized carbons (Fsp3) is 0.412. The molecule has 1 aromatic rings. The first-order chi connectivity index (χ1) is 9.66. The standard InChI is InChI=1S/C17H23NO3/c1-12(2)14-9-6-13(7-10-14)8-11-15(19)18(5)17(3,4)16(20)21/h6-12H,1-5H3,(H,20,21). The van der Waals surface area contributed by atoms with Crippen molar-refractivity contribution in [2.75, 3.05) is 7.05 Å². The van der Waals surface area contributed by atoms with Crippen LogP contribution < -0.4 is 0 Å². The Morgan fingerprint density at radius 2 is 1.71 bits per heavy atom. The van der Waals surface area contributed by atoms with E-state index in [0.29, 0.717) is 5.92 Å². The quantitative estimate of drug-likeness (QED) is 0.847. The van der Waals surface area contributed by atoms with Gasteiger partial charge in [0.15, 0.2) is 0 Å². The number of likely N-dealkylation sites (N-methyl/N-ethyl adjacent to an activating group) is 1. The average Bonchev–Trinajstić information content (AvgIpc) is 2.44. The molecule has 0 bridgehead atoms. The van der Waals surface area contributed by atoms with Crippen LogP contribution in [-0.4, -0.2) is 34.5 Å². The summed E-state index contributed by atoms with van der Waals surface area (Å²) in [6.45, 7) is 7.24. The van der Waals surface area contributed by atoms with E-state index in [-0.39, 0.29) is 5.91 Å². The number of nitrogens with zero attached hydrogens (tertiary/aromatic N) is 1. The number of carboxylic acids is 1. The SMILES string of the molecule is CC(C)c1ccc(C=CC(=O)N(C)C(C)(C)C(=O)O)cc1. The molecule has 0 aliphatic rings. The van der Waals surface area contributed by atoms with E-state index >= 15 is 0 Å². The van der Waals surface area contributed by atoms with Crippen molar-refractivity contribution in [1.29, 1.82) is 0 Å². The highest BCUT2D eigenvalue weighted by Crippen LogP contribution is 2.16. The Kier molecular flexibility index (Phi) is 5.30. The van der Waals surface area contributed by atoms with Crippen LogP contribution in [0.25, 0.3) is 6.08 Å². The molecule has 1 aromatic carbocycles. The van der Waals surface area contributed by atoms with Crippen molar-refractivity contribution in [2.45, 2.75) is 39.2 Å². The van der Waals surface area contributed by atoms with Gasteiger partial charge in [-0.3, -0.25) is 4.79 Å². The van der Waals surface area contributed by atoms with Gasteiger partial charge in [0.05, 0.1) is 0 Å². The molecule has 4 nitrogen and oxygen atoms in total. The van der Waals surface area contributed by atoms with Gasteiger partial charge in [-0.25, -0.2) is 4.79 Å². The maximum Gasteiger partial charge on any atom is 0.329 e. The second-order valence-electron chi connectivity index (χ2n) is 5.92. The van der Waals surface area contributed by atoms with Crippen LogP contribution in [0.4, 0.5) is 0 Å². The fourth-order valence-electron chi connectivity index (χ4n) is 1.69. The average molecular weight is 289 g/mol. The van der Waals surface area contributed by atoms with Gasteiger partial charge in [0, 0.05) is 13.1 Å². The molecule has 0 saturated heterocycles. The van der Waals surface area contributed by atoms with Gasteiger partial charge >= 0.3 is 5.97 Å². The van der Waals surface area contributed by atoms with Crippen molar-refractivity contribution in [3.8, 4) is 0 Å². The normalized spacial score (nSPS) is 11.9. The van der Waals surface area contributed by atoms with E-state index < -0.39 is 11.5 Å². The molecule has 21 heavy (non-hydrogen) atoms. The van der Waals surface area contributed by atoms with Crippen LogP contribution >= 0.6 is 0 Å². The van der Waals surface area contributed by atoms with E-state index in [1.807, 2.05) is 24.3 Å². The lowest BCUT2D eigenvalue weighted by Gasteiger charge is -2.30. The smallest absolute Gasteiger partial charge is 0.329 e. The molecule has 1 N–H and O–H groups in total. The number of benzene rings is 1. The molecule has 1 rings (SSSR count). The molecular weight excluding hydrogens is 266 g/mol. The van der Waals surface area contributed by atoms with E-state index in [1.54, 1.807) is 6.08 Å². The van der Waals surface area contributed by atoms with Crippen LogP contribution in [0.15, 0.2) is 30.3 Å². The number of carboxylic acid groups (broad SMARTS) is 1. The summed E-state index contributed by atoms with van der Waals surface area (Å²) in [7, 11) is 1.49. The molecule has 0 radical (unpaired) electrons. The topological polar surface area (TPSA) is 57.6 Å². The van der Waals surface area contributed by atoms with E-state index in [9.17, 15) is 9.59 Å². The zero-order valence-corrected chi connectivity index (χ0v) is 13.3. The lowest BCUT2D eigenvalue weighted by Crippen LogP contribution is -2.50. The molecule has 0 aromatic heterocycles. The van der Waals surface area contributed by atoms with Gasteiger partial charge in [-0.2, -0.15) is 0 Å². The Hall–Kier alpha value is -2.10. The second kappa shape index (κ2) is 6.57. The van der Waals surface area contributed by atoms with Crippen LogP contribution in [0.1, 0.15) is 44.7 Å². The summed E-state index contributed by atoms with van der Waals surface area (Å²) in [5.74, 6) is -0.907. The molecule has 0 fully saturated rings. The van der Waals surface area contributed by atoms with Crippen molar-refractivity contribution in [2.24, 2.45) is 0 Å². The van der Waals surface area contributed by atoms with Gasteiger partial charge in [0.2, 0.25) is 5.91 Å². The Morgan fingerprint density at radius 3 is 2.14 bits per heavy atom. The molecule has 0 unspecified atom stereocenters. The van der Waals surface area contributed by atoms with Crippen LogP contribution in [0, 0.1) is 0 Å². The summed E-state index contributed by atoms with van der Waals surface area (Å²) in [5, 5.41) is 9.11. The van der Waals surface area contributed by atoms with Crippen LogP contribution in [0.2, 0.25) is 0 Å². The summed E-state index contributed by atoms with van der Waals surface area (Å²) < 4.78 is 0. The number of aliphatic carboxylic acids is 1. The minimum Gasteiger partial charge on any atom is -0.480 e. The highest BCUT2D eigenvalue weighted by atomic mass is 16.4. The number of carbonyl (C=O) groups is 2. The van der Waals surface area contributed by atoms with Gasteiger partial charge in [-0.05, 0) is 37.0 Å². The first kappa shape index (κ1) is 17.0. The predicted octanol–water partition coefficient (Wildman–Crippen LogP) is 3.14. The van der Waals surface area contributed by atoms with Gasteiger partial charge in [0.25, 0.3) is 0 Å². The largest absolute Gasteiger partial charge is 0.480 e. The van der Waals surface area contributed by atoms with Crippen LogP contribution in [0.3, 0.4) is 0 Å². The minimum atomic E-state index is -1.23. The molecule has 0 atom stereocenters. The lowest BCUT2D eigenvalue weighted by molar-refractivity contribution is -0.153. The molecule has 0 aliphatic carbocycles. The number of carbonyl (C=O) groups excluding carboxylic acids is 1. The maximum absolute atomic E-state index is 12.0. The fourth-order valence-corrected chi connectivity index (χ4v) is 1.69. The van der Waals surface area contributed by atoms with Crippen LogP contribution in [-0.2, 0) is 9.59 Å². The first-order valence-corrected chi connectivity index (χ1v) is 6.95. The summed E-state index contributed by atoms with van der Waals surface area (Å²) in [6, 6.07) is 7.95. The summed E-state index contributed by atoms with van der Waals surface area (Å²) in [5.41, 5.74) is 0.917. The van der Waals surface area contributed by atoms with Crippen molar-refractivity contribution in [1.82, 2.24) is 4.90 Å². The molecular formula is C17H23NO3. The third-order valence-electron chi connectivity index (χ3n) is 3.71. The highest BCUT2D eigenvalue weighted by Gasteiger charge is 2.34. The van der Waals surface area contributed by atoms with E-state index in [1.165, 1.54) is 37.4 Å². The number of hydrogen-bond acceptors (Lipinski definition) is 2. The highest BCUT2D eigenvalue weighted by molar-refractivity contribution is 5.95. The molecule has 4 heteroatoms.